The van der Waals surface area contributed by atoms with Crippen LogP contribution in [0.5, 0.6) is 0 Å². The van der Waals surface area contributed by atoms with E-state index in [1.54, 1.807) is 0 Å². The first-order valence-corrected chi connectivity index (χ1v) is 15.4. The first kappa shape index (κ1) is 26.2. The van der Waals surface area contributed by atoms with Gasteiger partial charge in [0, 0.05) is 28.3 Å². The van der Waals surface area contributed by atoms with Crippen LogP contribution in [0.1, 0.15) is 0 Å². The zero-order chi connectivity index (χ0) is 30.5. The highest BCUT2D eigenvalue weighted by Crippen LogP contribution is 2.36. The predicted octanol–water partition coefficient (Wildman–Crippen LogP) is 10.5. The van der Waals surface area contributed by atoms with Crippen molar-refractivity contribution < 1.29 is 0 Å². The van der Waals surface area contributed by atoms with Crippen LogP contribution in [0.25, 0.3) is 88.5 Å². The van der Waals surface area contributed by atoms with Crippen molar-refractivity contribution in [2.75, 3.05) is 0 Å². The lowest BCUT2D eigenvalue weighted by molar-refractivity contribution is 1.08. The Hall–Kier alpha value is -6.26. The maximum absolute atomic E-state index is 5.14. The molecule has 0 aliphatic rings. The standard InChI is InChI=1S/C42H26N4/c1-2-10-31-25-32(23-20-27(31)9-1)28-18-21-30(22-19-28)40-44-41(37-17-7-12-29-13-8-24-43-39(29)37)46-42(45-40)38-26-33-11-3-4-14-34(33)35-15-5-6-16-36(35)38/h1-26H. The van der Waals surface area contributed by atoms with Gasteiger partial charge in [0.2, 0.25) is 0 Å². The molecule has 9 aromatic rings. The minimum absolute atomic E-state index is 0.597. The lowest BCUT2D eigenvalue weighted by Gasteiger charge is -2.13. The lowest BCUT2D eigenvalue weighted by Crippen LogP contribution is -2.01. The molecule has 0 saturated carbocycles. The van der Waals surface area contributed by atoms with Crippen LogP contribution < -0.4 is 0 Å². The fraction of sp³-hybridized carbons (Fsp3) is 0. The van der Waals surface area contributed by atoms with E-state index < -0.39 is 0 Å². The van der Waals surface area contributed by atoms with Crippen molar-refractivity contribution in [3.63, 3.8) is 0 Å². The predicted molar refractivity (Wildman–Crippen MR) is 189 cm³/mol. The molecule has 46 heavy (non-hydrogen) atoms. The molecule has 0 aliphatic heterocycles. The Labute approximate surface area is 265 Å². The first-order chi connectivity index (χ1) is 22.8. The third-order valence-corrected chi connectivity index (χ3v) is 8.74. The van der Waals surface area contributed by atoms with E-state index in [1.165, 1.54) is 27.1 Å². The summed E-state index contributed by atoms with van der Waals surface area (Å²) in [5.74, 6) is 1.85. The SMILES string of the molecule is c1ccc2cc(-c3ccc(-c4nc(-c5cc6ccccc6c6ccccc56)nc(-c5cccc6cccnc56)n4)cc3)ccc2c1. The second-order valence-corrected chi connectivity index (χ2v) is 11.5. The molecule has 4 nitrogen and oxygen atoms in total. The monoisotopic (exact) mass is 586 g/mol. The summed E-state index contributed by atoms with van der Waals surface area (Å²) in [5, 5.41) is 8.13. The molecule has 0 fully saturated rings. The van der Waals surface area contributed by atoms with Crippen LogP contribution in [0.4, 0.5) is 0 Å². The van der Waals surface area contributed by atoms with Gasteiger partial charge in [-0.2, -0.15) is 0 Å². The fourth-order valence-corrected chi connectivity index (χ4v) is 6.45. The van der Waals surface area contributed by atoms with Gasteiger partial charge >= 0.3 is 0 Å². The molecular weight excluding hydrogens is 560 g/mol. The molecular formula is C42H26N4. The Morgan fingerprint density at radius 1 is 0.326 bits per heavy atom. The third-order valence-electron chi connectivity index (χ3n) is 8.74. The Kier molecular flexibility index (Phi) is 6.10. The van der Waals surface area contributed by atoms with E-state index in [9.17, 15) is 0 Å². The summed E-state index contributed by atoms with van der Waals surface area (Å²) in [4.78, 5) is 20.1. The smallest absolute Gasteiger partial charge is 0.166 e. The van der Waals surface area contributed by atoms with E-state index in [0.29, 0.717) is 17.5 Å². The Morgan fingerprint density at radius 2 is 0.935 bits per heavy atom. The molecule has 0 unspecified atom stereocenters. The van der Waals surface area contributed by atoms with E-state index in [0.717, 1.165) is 43.9 Å². The van der Waals surface area contributed by atoms with E-state index >= 15 is 0 Å². The lowest BCUT2D eigenvalue weighted by atomic mass is 9.96. The molecule has 7 aromatic carbocycles. The van der Waals surface area contributed by atoms with Crippen LogP contribution in [0.15, 0.2) is 158 Å². The minimum Gasteiger partial charge on any atom is -0.255 e. The molecule has 0 amide bonds. The average molecular weight is 587 g/mol. The summed E-state index contributed by atoms with van der Waals surface area (Å²) in [6, 6.07) is 52.9. The summed E-state index contributed by atoms with van der Waals surface area (Å²) < 4.78 is 0. The van der Waals surface area contributed by atoms with Crippen LogP contribution in [0, 0.1) is 0 Å². The number of para-hydroxylation sites is 1. The summed E-state index contributed by atoms with van der Waals surface area (Å²) in [5.41, 5.74) is 5.95. The van der Waals surface area contributed by atoms with Crippen molar-refractivity contribution in [1.82, 2.24) is 19.9 Å². The molecule has 0 aliphatic carbocycles. The summed E-state index contributed by atoms with van der Waals surface area (Å²) in [6.45, 7) is 0. The van der Waals surface area contributed by atoms with Gasteiger partial charge in [-0.05, 0) is 67.7 Å². The average Bonchev–Trinajstić information content (AvgIpc) is 3.14. The number of hydrogen-bond donors (Lipinski definition) is 0. The van der Waals surface area contributed by atoms with E-state index in [4.69, 9.17) is 19.9 Å². The number of fused-ring (bicyclic) bond motifs is 5. The van der Waals surface area contributed by atoms with Crippen LogP contribution in [0.3, 0.4) is 0 Å². The second-order valence-electron chi connectivity index (χ2n) is 11.5. The van der Waals surface area contributed by atoms with Gasteiger partial charge in [-0.15, -0.1) is 0 Å². The highest BCUT2D eigenvalue weighted by Gasteiger charge is 2.17. The van der Waals surface area contributed by atoms with Gasteiger partial charge in [0.1, 0.15) is 0 Å². The van der Waals surface area contributed by atoms with Crippen molar-refractivity contribution >= 4 is 43.2 Å². The van der Waals surface area contributed by atoms with Crippen molar-refractivity contribution in [3.8, 4) is 45.3 Å². The van der Waals surface area contributed by atoms with Crippen LogP contribution in [0.2, 0.25) is 0 Å². The van der Waals surface area contributed by atoms with Gasteiger partial charge in [0.15, 0.2) is 17.5 Å². The van der Waals surface area contributed by atoms with E-state index in [2.05, 4.69) is 133 Å². The molecule has 0 saturated heterocycles. The maximum atomic E-state index is 5.14. The number of nitrogens with zero attached hydrogens (tertiary/aromatic N) is 4. The number of aromatic nitrogens is 4. The van der Waals surface area contributed by atoms with E-state index in [1.807, 2.05) is 24.4 Å². The van der Waals surface area contributed by atoms with Gasteiger partial charge in [-0.3, -0.25) is 4.98 Å². The number of rotatable bonds is 4. The van der Waals surface area contributed by atoms with Gasteiger partial charge in [-0.25, -0.2) is 15.0 Å². The van der Waals surface area contributed by atoms with Crippen molar-refractivity contribution in [2.24, 2.45) is 0 Å². The Morgan fingerprint density at radius 3 is 1.78 bits per heavy atom. The fourth-order valence-electron chi connectivity index (χ4n) is 6.45. The Balaban J connectivity index is 1.25. The molecule has 2 heterocycles. The van der Waals surface area contributed by atoms with Crippen molar-refractivity contribution in [1.29, 1.82) is 0 Å². The first-order valence-electron chi connectivity index (χ1n) is 15.4. The van der Waals surface area contributed by atoms with Crippen molar-refractivity contribution in [2.45, 2.75) is 0 Å². The quantitative estimate of drug-likeness (QED) is 0.193. The molecule has 2 aromatic heterocycles. The third kappa shape index (κ3) is 4.47. The number of benzene rings is 7. The van der Waals surface area contributed by atoms with Gasteiger partial charge in [0.05, 0.1) is 5.52 Å². The zero-order valence-corrected chi connectivity index (χ0v) is 24.8. The minimum atomic E-state index is 0.597. The van der Waals surface area contributed by atoms with Crippen LogP contribution in [-0.4, -0.2) is 19.9 Å². The molecule has 0 atom stereocenters. The number of pyridine rings is 1. The molecule has 0 spiro atoms. The normalized spacial score (nSPS) is 11.5. The largest absolute Gasteiger partial charge is 0.255 e. The summed E-state index contributed by atoms with van der Waals surface area (Å²) in [6.07, 6.45) is 1.82. The van der Waals surface area contributed by atoms with Crippen LogP contribution in [-0.2, 0) is 0 Å². The maximum Gasteiger partial charge on any atom is 0.166 e. The number of hydrogen-bond acceptors (Lipinski definition) is 4. The summed E-state index contributed by atoms with van der Waals surface area (Å²) >= 11 is 0. The Bertz CT molecular complexity index is 2580. The molecule has 4 heteroatoms. The highest BCUT2D eigenvalue weighted by atomic mass is 15.0. The zero-order valence-electron chi connectivity index (χ0n) is 24.8. The van der Waals surface area contributed by atoms with Gasteiger partial charge < -0.3 is 0 Å². The molecule has 9 rings (SSSR count). The van der Waals surface area contributed by atoms with Crippen LogP contribution >= 0.6 is 0 Å². The second kappa shape index (κ2) is 10.7. The van der Waals surface area contributed by atoms with Gasteiger partial charge in [0.25, 0.3) is 0 Å². The van der Waals surface area contributed by atoms with E-state index in [-0.39, 0.29) is 0 Å². The van der Waals surface area contributed by atoms with Gasteiger partial charge in [-0.1, -0.05) is 127 Å². The molecule has 0 bridgehead atoms. The molecule has 0 radical (unpaired) electrons. The highest BCUT2D eigenvalue weighted by molar-refractivity contribution is 6.13. The van der Waals surface area contributed by atoms with Crippen molar-refractivity contribution in [3.05, 3.63) is 158 Å². The summed E-state index contributed by atoms with van der Waals surface area (Å²) in [7, 11) is 0. The molecule has 0 N–H and O–H groups in total. The topological polar surface area (TPSA) is 51.6 Å². The molecule has 214 valence electrons.